The van der Waals surface area contributed by atoms with Crippen LogP contribution in [-0.4, -0.2) is 46.0 Å². The Morgan fingerprint density at radius 3 is 2.77 bits per heavy atom. The molecule has 1 atom stereocenters. The van der Waals surface area contributed by atoms with E-state index in [0.717, 1.165) is 51.3 Å². The third kappa shape index (κ3) is 3.65. The molecule has 1 aliphatic rings. The molecule has 3 aromatic heterocycles. The average Bonchev–Trinajstić information content (AvgIpc) is 3.28. The molecule has 0 amide bonds. The minimum Gasteiger partial charge on any atom is -0.377 e. The number of aryl methyl sites for hydroxylation is 1. The molecular weight excluding hydrogens is 433 g/mol. The Balaban J connectivity index is 1.84. The molecule has 5 rings (SSSR count). The van der Waals surface area contributed by atoms with Gasteiger partial charge in [0.15, 0.2) is 0 Å². The maximum Gasteiger partial charge on any atom is 0.130 e. The van der Waals surface area contributed by atoms with E-state index in [0.29, 0.717) is 23.3 Å². The number of nitrogens with zero attached hydrogens (tertiary/aromatic N) is 4. The van der Waals surface area contributed by atoms with E-state index in [9.17, 15) is 0 Å². The van der Waals surface area contributed by atoms with E-state index in [1.54, 1.807) is 12.3 Å². The Bertz CT molecular complexity index is 1260. The zero-order chi connectivity index (χ0) is 21.5. The summed E-state index contributed by atoms with van der Waals surface area (Å²) in [5.41, 5.74) is 5.31. The Morgan fingerprint density at radius 1 is 1.16 bits per heavy atom. The van der Waals surface area contributed by atoms with Crippen molar-refractivity contribution in [2.45, 2.75) is 19.9 Å². The summed E-state index contributed by atoms with van der Waals surface area (Å²) in [7, 11) is 0. The van der Waals surface area contributed by atoms with Crippen molar-refractivity contribution >= 4 is 39.9 Å². The highest BCUT2D eigenvalue weighted by Gasteiger charge is 2.24. The van der Waals surface area contributed by atoms with Gasteiger partial charge in [-0.2, -0.15) is 5.10 Å². The third-order valence-electron chi connectivity index (χ3n) is 5.65. The van der Waals surface area contributed by atoms with Crippen molar-refractivity contribution in [2.24, 2.45) is 0 Å². The molecule has 31 heavy (non-hydrogen) atoms. The summed E-state index contributed by atoms with van der Waals surface area (Å²) in [5, 5.41) is 9.33. The van der Waals surface area contributed by atoms with Gasteiger partial charge in [-0.05, 0) is 49.2 Å². The van der Waals surface area contributed by atoms with Crippen LogP contribution in [0.2, 0.25) is 10.0 Å². The van der Waals surface area contributed by atoms with E-state index < -0.39 is 0 Å². The molecule has 1 saturated heterocycles. The number of hydrogen-bond donors (Lipinski definition) is 1. The lowest BCUT2D eigenvalue weighted by atomic mass is 9.97. The van der Waals surface area contributed by atoms with Crippen LogP contribution >= 0.6 is 23.2 Å². The second-order valence-corrected chi connectivity index (χ2v) is 8.60. The molecule has 4 aromatic rings. The summed E-state index contributed by atoms with van der Waals surface area (Å²) in [6, 6.07) is 9.81. The van der Waals surface area contributed by atoms with Crippen molar-refractivity contribution in [3.05, 3.63) is 58.3 Å². The highest BCUT2D eigenvalue weighted by Crippen LogP contribution is 2.40. The quantitative estimate of drug-likeness (QED) is 0.441. The van der Waals surface area contributed by atoms with E-state index in [4.69, 9.17) is 37.9 Å². The number of rotatable bonds is 3. The fraction of sp³-hybridized carbons (Fsp3) is 0.261. The zero-order valence-electron chi connectivity index (χ0n) is 17.2. The normalized spacial score (nSPS) is 16.8. The molecule has 1 N–H and O–H groups in total. The predicted octanol–water partition coefficient (Wildman–Crippen LogP) is 5.53. The van der Waals surface area contributed by atoms with Crippen LogP contribution in [0.1, 0.15) is 12.5 Å². The summed E-state index contributed by atoms with van der Waals surface area (Å²) in [6.45, 7) is 6.28. The van der Waals surface area contributed by atoms with Gasteiger partial charge in [-0.3, -0.25) is 10.1 Å². The number of pyridine rings is 2. The first kappa shape index (κ1) is 20.2. The highest BCUT2D eigenvalue weighted by molar-refractivity contribution is 6.36. The lowest BCUT2D eigenvalue weighted by molar-refractivity contribution is 0.0986. The number of fused-ring (bicyclic) bond motifs is 1. The van der Waals surface area contributed by atoms with Crippen LogP contribution in [0.3, 0.4) is 0 Å². The maximum atomic E-state index is 6.65. The maximum absolute atomic E-state index is 6.65. The van der Waals surface area contributed by atoms with E-state index in [2.05, 4.69) is 28.1 Å². The number of hydrogen-bond acceptors (Lipinski definition) is 5. The molecule has 0 spiro atoms. The molecule has 4 heterocycles. The smallest absolute Gasteiger partial charge is 0.130 e. The van der Waals surface area contributed by atoms with Crippen LogP contribution in [0.4, 0.5) is 5.82 Å². The standard InChI is InChI=1S/C23H21Cl2N5O/c1-13-11-26-22(19-5-6-27-29-19)23-21(13)17(16-4-3-15(24)9-18(16)25)10-20(28-23)30-7-8-31-12-14(30)2/h3-6,9-11,14H,7-8,12H2,1-2H3,(H,27,29). The molecule has 0 bridgehead atoms. The van der Waals surface area contributed by atoms with E-state index >= 15 is 0 Å². The topological polar surface area (TPSA) is 66.9 Å². The lowest BCUT2D eigenvalue weighted by Gasteiger charge is -2.34. The molecule has 0 aliphatic carbocycles. The van der Waals surface area contributed by atoms with Gasteiger partial charge in [-0.25, -0.2) is 4.98 Å². The number of benzene rings is 1. The summed E-state index contributed by atoms with van der Waals surface area (Å²) in [6.07, 6.45) is 3.58. The molecule has 8 heteroatoms. The Morgan fingerprint density at radius 2 is 2.03 bits per heavy atom. The van der Waals surface area contributed by atoms with Gasteiger partial charge in [0.05, 0.1) is 24.9 Å². The first-order valence-corrected chi connectivity index (χ1v) is 10.9. The third-order valence-corrected chi connectivity index (χ3v) is 6.20. The number of halogens is 2. The van der Waals surface area contributed by atoms with Crippen LogP contribution in [0.15, 0.2) is 42.7 Å². The molecule has 0 saturated carbocycles. The number of nitrogens with one attached hydrogen (secondary N) is 1. The molecule has 1 unspecified atom stereocenters. The van der Waals surface area contributed by atoms with E-state index in [1.807, 2.05) is 31.3 Å². The van der Waals surface area contributed by atoms with Gasteiger partial charge in [0, 0.05) is 39.9 Å². The number of H-pyrrole nitrogens is 1. The summed E-state index contributed by atoms with van der Waals surface area (Å²) in [4.78, 5) is 12.1. The molecule has 1 aromatic carbocycles. The van der Waals surface area contributed by atoms with Gasteiger partial charge in [-0.15, -0.1) is 0 Å². The Labute approximate surface area is 190 Å². The molecule has 158 valence electrons. The van der Waals surface area contributed by atoms with Gasteiger partial charge in [0.1, 0.15) is 17.0 Å². The van der Waals surface area contributed by atoms with Crippen molar-refractivity contribution in [3.8, 4) is 22.5 Å². The number of aromatic nitrogens is 4. The molecule has 1 fully saturated rings. The molecule has 6 nitrogen and oxygen atoms in total. The summed E-state index contributed by atoms with van der Waals surface area (Å²) in [5.74, 6) is 0.873. The van der Waals surface area contributed by atoms with E-state index in [-0.39, 0.29) is 6.04 Å². The fourth-order valence-corrected chi connectivity index (χ4v) is 4.62. The summed E-state index contributed by atoms with van der Waals surface area (Å²) < 4.78 is 5.64. The van der Waals surface area contributed by atoms with Gasteiger partial charge in [-0.1, -0.05) is 29.3 Å². The summed E-state index contributed by atoms with van der Waals surface area (Å²) >= 11 is 12.8. The average molecular weight is 454 g/mol. The van der Waals surface area contributed by atoms with Crippen LogP contribution < -0.4 is 4.90 Å². The molecule has 1 aliphatic heterocycles. The minimum absolute atomic E-state index is 0.209. The first-order chi connectivity index (χ1) is 15.0. The van der Waals surface area contributed by atoms with Crippen molar-refractivity contribution < 1.29 is 4.74 Å². The number of morpholine rings is 1. The van der Waals surface area contributed by atoms with Gasteiger partial charge >= 0.3 is 0 Å². The van der Waals surface area contributed by atoms with Crippen molar-refractivity contribution in [1.29, 1.82) is 0 Å². The first-order valence-electron chi connectivity index (χ1n) is 10.1. The predicted molar refractivity (Wildman–Crippen MR) is 125 cm³/mol. The van der Waals surface area contributed by atoms with Crippen molar-refractivity contribution in [1.82, 2.24) is 20.2 Å². The number of ether oxygens (including phenoxy) is 1. The van der Waals surface area contributed by atoms with Crippen LogP contribution in [-0.2, 0) is 4.74 Å². The lowest BCUT2D eigenvalue weighted by Crippen LogP contribution is -2.44. The Hall–Kier alpha value is -2.67. The second kappa shape index (κ2) is 8.11. The van der Waals surface area contributed by atoms with Gasteiger partial charge in [0.2, 0.25) is 0 Å². The fourth-order valence-electron chi connectivity index (χ4n) is 4.11. The highest BCUT2D eigenvalue weighted by atomic mass is 35.5. The number of anilines is 1. The monoisotopic (exact) mass is 453 g/mol. The van der Waals surface area contributed by atoms with Crippen LogP contribution in [0.25, 0.3) is 33.4 Å². The minimum atomic E-state index is 0.209. The van der Waals surface area contributed by atoms with Gasteiger partial charge in [0.25, 0.3) is 0 Å². The molecule has 0 radical (unpaired) electrons. The molecular formula is C23H21Cl2N5O. The van der Waals surface area contributed by atoms with E-state index in [1.165, 1.54) is 0 Å². The Kier molecular flexibility index (Phi) is 5.30. The van der Waals surface area contributed by atoms with Crippen LogP contribution in [0, 0.1) is 6.92 Å². The largest absolute Gasteiger partial charge is 0.377 e. The van der Waals surface area contributed by atoms with Gasteiger partial charge < -0.3 is 9.64 Å². The zero-order valence-corrected chi connectivity index (χ0v) is 18.7. The second-order valence-electron chi connectivity index (χ2n) is 7.75. The SMILES string of the molecule is Cc1cnc(-c2ccn[nH]2)c2nc(N3CCOCC3C)cc(-c3ccc(Cl)cc3Cl)c12. The van der Waals surface area contributed by atoms with Crippen molar-refractivity contribution in [3.63, 3.8) is 0 Å². The number of aromatic amines is 1. The van der Waals surface area contributed by atoms with Crippen molar-refractivity contribution in [2.75, 3.05) is 24.7 Å². The van der Waals surface area contributed by atoms with Crippen LogP contribution in [0.5, 0.6) is 0 Å².